The lowest BCUT2D eigenvalue weighted by Crippen LogP contribution is -2.18. The summed E-state index contributed by atoms with van der Waals surface area (Å²) in [5.41, 5.74) is 2.19. The molecule has 3 nitrogen and oxygen atoms in total. The van der Waals surface area contributed by atoms with Crippen LogP contribution in [0, 0.1) is 0 Å². The van der Waals surface area contributed by atoms with E-state index in [1.165, 1.54) is 0 Å². The van der Waals surface area contributed by atoms with Gasteiger partial charge in [0.2, 0.25) is 0 Å². The van der Waals surface area contributed by atoms with Crippen molar-refractivity contribution in [2.75, 3.05) is 6.54 Å². The van der Waals surface area contributed by atoms with Crippen LogP contribution in [0.15, 0.2) is 30.6 Å². The van der Waals surface area contributed by atoms with Crippen molar-refractivity contribution in [2.24, 2.45) is 0 Å². The molecule has 0 amide bonds. The van der Waals surface area contributed by atoms with E-state index in [-0.39, 0.29) is 6.04 Å². The summed E-state index contributed by atoms with van der Waals surface area (Å²) in [6.45, 7) is 8.16. The molecule has 0 radical (unpaired) electrons. The molecule has 1 heterocycles. The molecule has 4 heteroatoms. The molecule has 0 bridgehead atoms. The first-order chi connectivity index (χ1) is 9.17. The van der Waals surface area contributed by atoms with Crippen molar-refractivity contribution in [1.82, 2.24) is 14.9 Å². The summed E-state index contributed by atoms with van der Waals surface area (Å²) in [5.74, 6) is 0.965. The van der Waals surface area contributed by atoms with Gasteiger partial charge in [-0.1, -0.05) is 30.7 Å². The number of halogens is 1. The van der Waals surface area contributed by atoms with Crippen LogP contribution in [0.5, 0.6) is 0 Å². The molecule has 1 unspecified atom stereocenters. The van der Waals surface area contributed by atoms with Gasteiger partial charge in [0.15, 0.2) is 0 Å². The van der Waals surface area contributed by atoms with Gasteiger partial charge in [0.25, 0.3) is 0 Å². The minimum absolute atomic E-state index is 0.262. The van der Waals surface area contributed by atoms with Crippen LogP contribution in [0.1, 0.15) is 32.4 Å². The predicted octanol–water partition coefficient (Wildman–Crippen LogP) is 3.89. The van der Waals surface area contributed by atoms with Gasteiger partial charge in [0.05, 0.1) is 0 Å². The molecule has 1 aromatic heterocycles. The number of hydrogen-bond donors (Lipinski definition) is 1. The normalized spacial score (nSPS) is 12.6. The van der Waals surface area contributed by atoms with Gasteiger partial charge in [-0.05, 0) is 32.0 Å². The first-order valence-corrected chi connectivity index (χ1v) is 7.09. The number of aromatic nitrogens is 2. The molecular weight excluding hydrogens is 258 g/mol. The number of hydrogen-bond acceptors (Lipinski definition) is 2. The molecule has 102 valence electrons. The highest BCUT2D eigenvalue weighted by atomic mass is 35.5. The highest BCUT2D eigenvalue weighted by molar-refractivity contribution is 6.31. The van der Waals surface area contributed by atoms with Crippen molar-refractivity contribution in [3.8, 4) is 11.4 Å². The third-order valence-corrected chi connectivity index (χ3v) is 3.62. The van der Waals surface area contributed by atoms with Gasteiger partial charge in [0, 0.05) is 35.6 Å². The summed E-state index contributed by atoms with van der Waals surface area (Å²) < 4.78 is 2.11. The van der Waals surface area contributed by atoms with E-state index in [1.54, 1.807) is 0 Å². The third kappa shape index (κ3) is 2.99. The fourth-order valence-corrected chi connectivity index (χ4v) is 2.60. The SMILES string of the molecule is CCNC(C)c1ccc(-c2nccn2CC)cc1Cl. The van der Waals surface area contributed by atoms with Gasteiger partial charge in [-0.25, -0.2) is 4.98 Å². The molecule has 19 heavy (non-hydrogen) atoms. The van der Waals surface area contributed by atoms with E-state index in [0.29, 0.717) is 0 Å². The van der Waals surface area contributed by atoms with Crippen molar-refractivity contribution >= 4 is 11.6 Å². The van der Waals surface area contributed by atoms with Crippen LogP contribution in [-0.2, 0) is 6.54 Å². The van der Waals surface area contributed by atoms with Crippen LogP contribution in [0.2, 0.25) is 5.02 Å². The molecule has 0 aliphatic rings. The molecule has 0 spiro atoms. The van der Waals surface area contributed by atoms with Gasteiger partial charge >= 0.3 is 0 Å². The summed E-state index contributed by atoms with van der Waals surface area (Å²) in [6, 6.07) is 6.43. The maximum atomic E-state index is 6.40. The average molecular weight is 278 g/mol. The molecule has 2 aromatic rings. The molecule has 0 aliphatic heterocycles. The highest BCUT2D eigenvalue weighted by Crippen LogP contribution is 2.28. The Morgan fingerprint density at radius 1 is 1.37 bits per heavy atom. The standard InChI is InChI=1S/C15H20ClN3/c1-4-17-11(3)13-7-6-12(10-14(13)16)15-18-8-9-19(15)5-2/h6-11,17H,4-5H2,1-3H3. The fourth-order valence-electron chi connectivity index (χ4n) is 2.26. The second-order valence-electron chi connectivity index (χ2n) is 4.55. The fraction of sp³-hybridized carbons (Fsp3) is 0.400. The largest absolute Gasteiger partial charge is 0.331 e. The molecule has 0 saturated heterocycles. The van der Waals surface area contributed by atoms with E-state index in [9.17, 15) is 0 Å². The summed E-state index contributed by atoms with van der Waals surface area (Å²) in [4.78, 5) is 4.40. The van der Waals surface area contributed by atoms with E-state index in [2.05, 4.69) is 47.8 Å². The Morgan fingerprint density at radius 3 is 2.79 bits per heavy atom. The Kier molecular flexibility index (Phi) is 4.61. The lowest BCUT2D eigenvalue weighted by atomic mass is 10.1. The van der Waals surface area contributed by atoms with Gasteiger partial charge < -0.3 is 9.88 Å². The number of benzene rings is 1. The molecule has 0 aliphatic carbocycles. The second kappa shape index (κ2) is 6.22. The summed E-state index contributed by atoms with van der Waals surface area (Å²) in [6.07, 6.45) is 3.81. The number of nitrogens with one attached hydrogen (secondary N) is 1. The first kappa shape index (κ1) is 14.1. The number of aryl methyl sites for hydroxylation is 1. The summed E-state index contributed by atoms with van der Waals surface area (Å²) >= 11 is 6.40. The maximum Gasteiger partial charge on any atom is 0.139 e. The third-order valence-electron chi connectivity index (χ3n) is 3.29. The Hall–Kier alpha value is -1.32. The Morgan fingerprint density at radius 2 is 2.16 bits per heavy atom. The minimum Gasteiger partial charge on any atom is -0.331 e. The Bertz CT molecular complexity index is 548. The predicted molar refractivity (Wildman–Crippen MR) is 80.4 cm³/mol. The van der Waals surface area contributed by atoms with Gasteiger partial charge in [-0.2, -0.15) is 0 Å². The minimum atomic E-state index is 0.262. The zero-order valence-corrected chi connectivity index (χ0v) is 12.4. The zero-order chi connectivity index (χ0) is 13.8. The average Bonchev–Trinajstić information content (AvgIpc) is 2.87. The molecular formula is C15H20ClN3. The van der Waals surface area contributed by atoms with E-state index >= 15 is 0 Å². The molecule has 0 fully saturated rings. The Labute approximate surface area is 119 Å². The molecule has 1 N–H and O–H groups in total. The first-order valence-electron chi connectivity index (χ1n) is 6.71. The van der Waals surface area contributed by atoms with Crippen LogP contribution in [0.4, 0.5) is 0 Å². The smallest absolute Gasteiger partial charge is 0.139 e. The van der Waals surface area contributed by atoms with Gasteiger partial charge in [-0.15, -0.1) is 0 Å². The van der Waals surface area contributed by atoms with Crippen LogP contribution >= 0.6 is 11.6 Å². The van der Waals surface area contributed by atoms with Crippen LogP contribution < -0.4 is 5.32 Å². The molecule has 1 aromatic carbocycles. The topological polar surface area (TPSA) is 29.9 Å². The zero-order valence-electron chi connectivity index (χ0n) is 11.7. The maximum absolute atomic E-state index is 6.40. The van der Waals surface area contributed by atoms with Gasteiger partial charge in [0.1, 0.15) is 5.82 Å². The van der Waals surface area contributed by atoms with Crippen LogP contribution in [-0.4, -0.2) is 16.1 Å². The quantitative estimate of drug-likeness (QED) is 0.898. The van der Waals surface area contributed by atoms with Crippen molar-refractivity contribution in [2.45, 2.75) is 33.4 Å². The Balaban J connectivity index is 2.33. The van der Waals surface area contributed by atoms with Crippen LogP contribution in [0.25, 0.3) is 11.4 Å². The van der Waals surface area contributed by atoms with Crippen molar-refractivity contribution in [3.63, 3.8) is 0 Å². The summed E-state index contributed by atoms with van der Waals surface area (Å²) in [5, 5.41) is 4.16. The van der Waals surface area contributed by atoms with E-state index in [0.717, 1.165) is 35.1 Å². The number of nitrogens with zero attached hydrogens (tertiary/aromatic N) is 2. The number of imidazole rings is 1. The van der Waals surface area contributed by atoms with Crippen molar-refractivity contribution in [1.29, 1.82) is 0 Å². The van der Waals surface area contributed by atoms with Crippen LogP contribution in [0.3, 0.4) is 0 Å². The molecule has 0 saturated carbocycles. The van der Waals surface area contributed by atoms with Crippen molar-refractivity contribution in [3.05, 3.63) is 41.2 Å². The monoisotopic (exact) mass is 277 g/mol. The van der Waals surface area contributed by atoms with Gasteiger partial charge in [-0.3, -0.25) is 0 Å². The van der Waals surface area contributed by atoms with E-state index in [1.807, 2.05) is 18.5 Å². The van der Waals surface area contributed by atoms with E-state index in [4.69, 9.17) is 11.6 Å². The lowest BCUT2D eigenvalue weighted by Gasteiger charge is -2.15. The van der Waals surface area contributed by atoms with Crippen molar-refractivity contribution < 1.29 is 0 Å². The number of rotatable bonds is 5. The lowest BCUT2D eigenvalue weighted by molar-refractivity contribution is 0.598. The highest BCUT2D eigenvalue weighted by Gasteiger charge is 2.11. The molecule has 1 atom stereocenters. The van der Waals surface area contributed by atoms with E-state index < -0.39 is 0 Å². The second-order valence-corrected chi connectivity index (χ2v) is 4.96. The molecule has 2 rings (SSSR count). The summed E-state index contributed by atoms with van der Waals surface area (Å²) in [7, 11) is 0.